The van der Waals surface area contributed by atoms with Crippen LogP contribution in [-0.2, 0) is 0 Å². The number of piperidine rings is 1. The lowest BCUT2D eigenvalue weighted by atomic mass is 10.0. The molecule has 0 unspecified atom stereocenters. The predicted molar refractivity (Wildman–Crippen MR) is 80.5 cm³/mol. The van der Waals surface area contributed by atoms with Gasteiger partial charge in [-0.3, -0.25) is 4.79 Å². The molecule has 0 saturated carbocycles. The largest absolute Gasteiger partial charge is 0.459 e. The fourth-order valence-electron chi connectivity index (χ4n) is 2.51. The zero-order chi connectivity index (χ0) is 14.7. The molecule has 6 heteroatoms. The highest BCUT2D eigenvalue weighted by molar-refractivity contribution is 6.29. The first-order chi connectivity index (χ1) is 10.2. The maximum atomic E-state index is 12.2. The highest BCUT2D eigenvalue weighted by Crippen LogP contribution is 2.19. The van der Waals surface area contributed by atoms with Crippen LogP contribution in [0.1, 0.15) is 23.4 Å². The summed E-state index contributed by atoms with van der Waals surface area (Å²) in [6.07, 6.45) is 4.99. The first-order valence-corrected chi connectivity index (χ1v) is 7.31. The van der Waals surface area contributed by atoms with E-state index in [9.17, 15) is 4.79 Å². The normalized spacial score (nSPS) is 16.0. The third kappa shape index (κ3) is 3.36. The van der Waals surface area contributed by atoms with Crippen molar-refractivity contribution in [2.75, 3.05) is 18.4 Å². The fourth-order valence-corrected chi connectivity index (χ4v) is 2.68. The number of amides is 1. The van der Waals surface area contributed by atoms with Crippen LogP contribution in [0.5, 0.6) is 0 Å². The quantitative estimate of drug-likeness (QED) is 0.886. The van der Waals surface area contributed by atoms with Crippen LogP contribution in [0.25, 0.3) is 0 Å². The average molecular weight is 306 g/mol. The number of carbonyl (C=O) groups is 1. The second kappa shape index (κ2) is 6.18. The van der Waals surface area contributed by atoms with E-state index in [0.717, 1.165) is 31.6 Å². The summed E-state index contributed by atoms with van der Waals surface area (Å²) < 4.78 is 5.16. The number of pyridine rings is 1. The highest BCUT2D eigenvalue weighted by Gasteiger charge is 2.24. The molecule has 21 heavy (non-hydrogen) atoms. The zero-order valence-corrected chi connectivity index (χ0v) is 12.2. The van der Waals surface area contributed by atoms with Crippen molar-refractivity contribution < 1.29 is 9.21 Å². The standard InChI is InChI=1S/C15H16ClN3O2/c16-14-10-12(3-6-17-14)18-11-4-7-19(8-5-11)15(20)13-2-1-9-21-13/h1-3,6,9-11H,4-5,7-8H2,(H,17,18). The number of nitrogens with one attached hydrogen (secondary N) is 1. The van der Waals surface area contributed by atoms with E-state index < -0.39 is 0 Å². The Bertz CT molecular complexity index is 607. The molecule has 1 aliphatic heterocycles. The number of likely N-dealkylation sites (tertiary alicyclic amines) is 1. The van der Waals surface area contributed by atoms with Gasteiger partial charge in [0.2, 0.25) is 0 Å². The smallest absolute Gasteiger partial charge is 0.289 e. The molecule has 0 radical (unpaired) electrons. The average Bonchev–Trinajstić information content (AvgIpc) is 3.01. The SMILES string of the molecule is O=C(c1ccco1)N1CCC(Nc2ccnc(Cl)c2)CC1. The van der Waals surface area contributed by atoms with Crippen LogP contribution in [0.4, 0.5) is 5.69 Å². The molecule has 2 aromatic rings. The second-order valence-electron chi connectivity index (χ2n) is 5.06. The molecular formula is C15H16ClN3O2. The van der Waals surface area contributed by atoms with Gasteiger partial charge in [-0.15, -0.1) is 0 Å². The molecule has 0 aliphatic carbocycles. The Balaban J connectivity index is 1.54. The molecule has 1 N–H and O–H groups in total. The van der Waals surface area contributed by atoms with E-state index in [1.165, 1.54) is 6.26 Å². The van der Waals surface area contributed by atoms with E-state index in [1.807, 2.05) is 17.0 Å². The number of furan rings is 1. The minimum absolute atomic E-state index is 0.0367. The summed E-state index contributed by atoms with van der Waals surface area (Å²) in [5.74, 6) is 0.368. The monoisotopic (exact) mass is 305 g/mol. The van der Waals surface area contributed by atoms with E-state index in [-0.39, 0.29) is 5.91 Å². The molecule has 0 bridgehead atoms. The van der Waals surface area contributed by atoms with Gasteiger partial charge in [0.1, 0.15) is 5.15 Å². The fraction of sp³-hybridized carbons (Fsp3) is 0.333. The Hall–Kier alpha value is -2.01. The molecule has 0 spiro atoms. The lowest BCUT2D eigenvalue weighted by molar-refractivity contribution is 0.0686. The Morgan fingerprint density at radius 2 is 2.19 bits per heavy atom. The highest BCUT2D eigenvalue weighted by atomic mass is 35.5. The summed E-state index contributed by atoms with van der Waals surface area (Å²) in [5, 5.41) is 3.91. The van der Waals surface area contributed by atoms with Crippen molar-refractivity contribution in [3.63, 3.8) is 0 Å². The minimum atomic E-state index is -0.0367. The van der Waals surface area contributed by atoms with Crippen LogP contribution in [-0.4, -0.2) is 34.9 Å². The first kappa shape index (κ1) is 13.9. The molecule has 0 aromatic carbocycles. The van der Waals surface area contributed by atoms with E-state index in [1.54, 1.807) is 18.3 Å². The minimum Gasteiger partial charge on any atom is -0.459 e. The van der Waals surface area contributed by atoms with Crippen LogP contribution in [0.15, 0.2) is 41.1 Å². The van der Waals surface area contributed by atoms with Crippen LogP contribution in [0.2, 0.25) is 5.15 Å². The summed E-state index contributed by atoms with van der Waals surface area (Å²) in [6, 6.07) is 7.47. The molecule has 2 aromatic heterocycles. The van der Waals surface area contributed by atoms with E-state index in [4.69, 9.17) is 16.0 Å². The number of hydrogen-bond acceptors (Lipinski definition) is 4. The van der Waals surface area contributed by atoms with Gasteiger partial charge in [0.25, 0.3) is 5.91 Å². The number of anilines is 1. The van der Waals surface area contributed by atoms with Gasteiger partial charge >= 0.3 is 0 Å². The molecule has 3 rings (SSSR count). The number of nitrogens with zero attached hydrogens (tertiary/aromatic N) is 2. The lowest BCUT2D eigenvalue weighted by Gasteiger charge is -2.32. The van der Waals surface area contributed by atoms with Crippen LogP contribution < -0.4 is 5.32 Å². The summed E-state index contributed by atoms with van der Waals surface area (Å²) >= 11 is 5.87. The predicted octanol–water partition coefficient (Wildman–Crippen LogP) is 3.04. The van der Waals surface area contributed by atoms with Crippen LogP contribution >= 0.6 is 11.6 Å². The zero-order valence-electron chi connectivity index (χ0n) is 11.5. The molecule has 5 nitrogen and oxygen atoms in total. The summed E-state index contributed by atoms with van der Waals surface area (Å²) in [5.41, 5.74) is 0.964. The van der Waals surface area contributed by atoms with Crippen molar-refractivity contribution in [3.05, 3.63) is 47.6 Å². The molecule has 1 aliphatic rings. The Labute approximate surface area is 127 Å². The summed E-state index contributed by atoms with van der Waals surface area (Å²) in [6.45, 7) is 1.44. The van der Waals surface area contributed by atoms with E-state index >= 15 is 0 Å². The third-order valence-corrected chi connectivity index (χ3v) is 3.82. The van der Waals surface area contributed by atoms with Gasteiger partial charge in [0, 0.05) is 31.0 Å². The third-order valence-electron chi connectivity index (χ3n) is 3.61. The first-order valence-electron chi connectivity index (χ1n) is 6.93. The van der Waals surface area contributed by atoms with Crippen molar-refractivity contribution in [2.24, 2.45) is 0 Å². The topological polar surface area (TPSA) is 58.4 Å². The van der Waals surface area contributed by atoms with Crippen LogP contribution in [0, 0.1) is 0 Å². The molecule has 0 atom stereocenters. The molecule has 110 valence electrons. The number of rotatable bonds is 3. The van der Waals surface area contributed by atoms with E-state index in [2.05, 4.69) is 10.3 Å². The van der Waals surface area contributed by atoms with Crippen molar-refractivity contribution in [2.45, 2.75) is 18.9 Å². The summed E-state index contributed by atoms with van der Waals surface area (Å²) in [4.78, 5) is 17.9. The maximum absolute atomic E-state index is 12.2. The molecular weight excluding hydrogens is 290 g/mol. The van der Waals surface area contributed by atoms with Gasteiger partial charge in [-0.25, -0.2) is 4.98 Å². The van der Waals surface area contributed by atoms with Gasteiger partial charge in [-0.05, 0) is 37.1 Å². The van der Waals surface area contributed by atoms with Crippen molar-refractivity contribution in [3.8, 4) is 0 Å². The van der Waals surface area contributed by atoms with Gasteiger partial charge < -0.3 is 14.6 Å². The Kier molecular flexibility index (Phi) is 4.10. The van der Waals surface area contributed by atoms with Gasteiger partial charge in [0.15, 0.2) is 5.76 Å². The number of hydrogen-bond donors (Lipinski definition) is 1. The molecule has 1 amide bonds. The van der Waals surface area contributed by atoms with Crippen molar-refractivity contribution in [1.82, 2.24) is 9.88 Å². The molecule has 1 fully saturated rings. The van der Waals surface area contributed by atoms with Crippen LogP contribution in [0.3, 0.4) is 0 Å². The summed E-state index contributed by atoms with van der Waals surface area (Å²) in [7, 11) is 0. The number of aromatic nitrogens is 1. The lowest BCUT2D eigenvalue weighted by Crippen LogP contribution is -2.42. The second-order valence-corrected chi connectivity index (χ2v) is 5.44. The van der Waals surface area contributed by atoms with Gasteiger partial charge in [-0.1, -0.05) is 11.6 Å². The van der Waals surface area contributed by atoms with Crippen molar-refractivity contribution >= 4 is 23.2 Å². The maximum Gasteiger partial charge on any atom is 0.289 e. The molecule has 3 heterocycles. The molecule has 1 saturated heterocycles. The van der Waals surface area contributed by atoms with Gasteiger partial charge in [-0.2, -0.15) is 0 Å². The Morgan fingerprint density at radius 1 is 1.38 bits per heavy atom. The van der Waals surface area contributed by atoms with Gasteiger partial charge in [0.05, 0.1) is 6.26 Å². The number of halogens is 1. The van der Waals surface area contributed by atoms with Crippen molar-refractivity contribution in [1.29, 1.82) is 0 Å². The number of carbonyl (C=O) groups excluding carboxylic acids is 1. The Morgan fingerprint density at radius 3 is 2.86 bits per heavy atom. The van der Waals surface area contributed by atoms with E-state index in [0.29, 0.717) is 17.0 Å².